The van der Waals surface area contributed by atoms with Crippen molar-refractivity contribution in [3.8, 4) is 0 Å². The Kier molecular flexibility index (Phi) is 7.59. The van der Waals surface area contributed by atoms with Gasteiger partial charge in [-0.3, -0.25) is 0 Å². The SMILES string of the molecule is CCCCC/C(=N\S(=O)(=O)c1ccc(C)cc1)N(CC)CC. The van der Waals surface area contributed by atoms with Gasteiger partial charge >= 0.3 is 0 Å². The summed E-state index contributed by atoms with van der Waals surface area (Å²) in [5, 5.41) is 0. The third-order valence-corrected chi connectivity index (χ3v) is 5.00. The highest BCUT2D eigenvalue weighted by Gasteiger charge is 2.16. The van der Waals surface area contributed by atoms with Crippen LogP contribution < -0.4 is 0 Å². The van der Waals surface area contributed by atoms with E-state index in [9.17, 15) is 8.42 Å². The van der Waals surface area contributed by atoms with Crippen LogP contribution in [0.4, 0.5) is 0 Å². The minimum Gasteiger partial charge on any atom is -0.360 e. The molecule has 124 valence electrons. The molecule has 0 heterocycles. The van der Waals surface area contributed by atoms with Crippen molar-refractivity contribution in [2.24, 2.45) is 4.40 Å². The first kappa shape index (κ1) is 18.7. The van der Waals surface area contributed by atoms with Gasteiger partial charge in [-0.05, 0) is 39.3 Å². The number of aryl methyl sites for hydroxylation is 1. The lowest BCUT2D eigenvalue weighted by molar-refractivity contribution is 0.452. The molecule has 0 amide bonds. The second-order valence-electron chi connectivity index (χ2n) is 5.43. The van der Waals surface area contributed by atoms with Crippen LogP contribution in [0.3, 0.4) is 0 Å². The number of hydrogen-bond acceptors (Lipinski definition) is 2. The maximum atomic E-state index is 12.5. The highest BCUT2D eigenvalue weighted by Crippen LogP contribution is 2.16. The minimum absolute atomic E-state index is 0.262. The maximum Gasteiger partial charge on any atom is 0.283 e. The van der Waals surface area contributed by atoms with Crippen molar-refractivity contribution in [1.82, 2.24) is 4.90 Å². The summed E-state index contributed by atoms with van der Waals surface area (Å²) in [4.78, 5) is 2.29. The molecule has 0 saturated heterocycles. The summed E-state index contributed by atoms with van der Waals surface area (Å²) < 4.78 is 29.2. The molecule has 0 bridgehead atoms. The molecule has 0 saturated carbocycles. The number of unbranched alkanes of at least 4 members (excludes halogenated alkanes) is 2. The first-order chi connectivity index (χ1) is 10.4. The predicted octanol–water partition coefficient (Wildman–Crippen LogP) is 4.00. The Morgan fingerprint density at radius 3 is 2.14 bits per heavy atom. The third-order valence-electron chi connectivity index (χ3n) is 3.68. The molecule has 0 aromatic heterocycles. The number of benzene rings is 1. The Morgan fingerprint density at radius 1 is 1.05 bits per heavy atom. The molecule has 1 rings (SSSR count). The van der Waals surface area contributed by atoms with Gasteiger partial charge in [0.1, 0.15) is 5.84 Å². The standard InChI is InChI=1S/C17H28N2O2S/c1-5-8-9-10-17(19(6-2)7-3)18-22(20,21)16-13-11-15(4)12-14-16/h11-14H,5-10H2,1-4H3/b18-17+. The van der Waals surface area contributed by atoms with Crippen LogP contribution in [-0.4, -0.2) is 32.2 Å². The zero-order valence-corrected chi connectivity index (χ0v) is 15.0. The number of hydrogen-bond donors (Lipinski definition) is 0. The molecular formula is C17H28N2O2S. The van der Waals surface area contributed by atoms with Gasteiger partial charge in [-0.15, -0.1) is 4.40 Å². The molecule has 4 nitrogen and oxygen atoms in total. The topological polar surface area (TPSA) is 49.7 Å². The van der Waals surface area contributed by atoms with E-state index in [0.29, 0.717) is 12.3 Å². The van der Waals surface area contributed by atoms with Crippen molar-refractivity contribution in [3.05, 3.63) is 29.8 Å². The van der Waals surface area contributed by atoms with Gasteiger partial charge < -0.3 is 4.90 Å². The summed E-state index contributed by atoms with van der Waals surface area (Å²) in [5.74, 6) is 0.680. The summed E-state index contributed by atoms with van der Waals surface area (Å²) in [6.07, 6.45) is 3.87. The van der Waals surface area contributed by atoms with Crippen molar-refractivity contribution in [2.45, 2.75) is 58.3 Å². The van der Waals surface area contributed by atoms with Gasteiger partial charge in [0.15, 0.2) is 0 Å². The van der Waals surface area contributed by atoms with Crippen molar-refractivity contribution in [3.63, 3.8) is 0 Å². The molecule has 0 aliphatic rings. The quantitative estimate of drug-likeness (QED) is 0.412. The van der Waals surface area contributed by atoms with Crippen LogP contribution in [0.15, 0.2) is 33.6 Å². The van der Waals surface area contributed by atoms with Gasteiger partial charge in [-0.1, -0.05) is 37.5 Å². The minimum atomic E-state index is -3.63. The largest absolute Gasteiger partial charge is 0.360 e. The molecule has 0 aliphatic carbocycles. The lowest BCUT2D eigenvalue weighted by atomic mass is 10.2. The smallest absolute Gasteiger partial charge is 0.283 e. The number of nitrogens with zero attached hydrogens (tertiary/aromatic N) is 2. The molecule has 5 heteroatoms. The van der Waals surface area contributed by atoms with Gasteiger partial charge in [0.05, 0.1) is 4.90 Å². The zero-order chi connectivity index (χ0) is 16.6. The predicted molar refractivity (Wildman–Crippen MR) is 92.9 cm³/mol. The van der Waals surface area contributed by atoms with Crippen LogP contribution in [0.2, 0.25) is 0 Å². The number of amidine groups is 1. The lowest BCUT2D eigenvalue weighted by Crippen LogP contribution is -2.31. The second kappa shape index (κ2) is 8.93. The van der Waals surface area contributed by atoms with Crippen molar-refractivity contribution in [1.29, 1.82) is 0 Å². The van der Waals surface area contributed by atoms with Crippen LogP contribution in [0.5, 0.6) is 0 Å². The van der Waals surface area contributed by atoms with E-state index in [4.69, 9.17) is 0 Å². The molecule has 0 unspecified atom stereocenters. The first-order valence-corrected chi connectivity index (χ1v) is 9.54. The van der Waals surface area contributed by atoms with E-state index < -0.39 is 10.0 Å². The lowest BCUT2D eigenvalue weighted by Gasteiger charge is -2.22. The number of sulfonamides is 1. The molecular weight excluding hydrogens is 296 g/mol. The molecule has 1 aromatic rings. The monoisotopic (exact) mass is 324 g/mol. The fourth-order valence-electron chi connectivity index (χ4n) is 2.28. The van der Waals surface area contributed by atoms with Gasteiger partial charge in [-0.2, -0.15) is 8.42 Å². The Labute approximate surface area is 135 Å². The second-order valence-corrected chi connectivity index (χ2v) is 7.03. The zero-order valence-electron chi connectivity index (χ0n) is 14.2. The average molecular weight is 324 g/mol. The Hall–Kier alpha value is -1.36. The van der Waals surface area contributed by atoms with Crippen LogP contribution in [0, 0.1) is 6.92 Å². The fraction of sp³-hybridized carbons (Fsp3) is 0.588. The summed E-state index contributed by atoms with van der Waals surface area (Å²) >= 11 is 0. The molecule has 22 heavy (non-hydrogen) atoms. The normalized spacial score (nSPS) is 12.5. The number of rotatable bonds is 8. The molecule has 0 fully saturated rings. The average Bonchev–Trinajstić information content (AvgIpc) is 2.48. The third kappa shape index (κ3) is 5.44. The van der Waals surface area contributed by atoms with Crippen molar-refractivity contribution < 1.29 is 8.42 Å². The van der Waals surface area contributed by atoms with Crippen molar-refractivity contribution >= 4 is 15.9 Å². The summed E-state index contributed by atoms with van der Waals surface area (Å²) in [7, 11) is -3.63. The van der Waals surface area contributed by atoms with E-state index in [0.717, 1.165) is 37.9 Å². The fourth-order valence-corrected chi connectivity index (χ4v) is 3.35. The van der Waals surface area contributed by atoms with Gasteiger partial charge in [0.25, 0.3) is 10.0 Å². The highest BCUT2D eigenvalue weighted by atomic mass is 32.2. The van der Waals surface area contributed by atoms with Crippen molar-refractivity contribution in [2.75, 3.05) is 13.1 Å². The first-order valence-electron chi connectivity index (χ1n) is 8.10. The Morgan fingerprint density at radius 2 is 1.64 bits per heavy atom. The van der Waals surface area contributed by atoms with E-state index in [2.05, 4.69) is 11.3 Å². The van der Waals surface area contributed by atoms with Gasteiger partial charge in [0, 0.05) is 19.5 Å². The molecule has 0 aliphatic heterocycles. The molecule has 0 radical (unpaired) electrons. The molecule has 0 N–H and O–H groups in total. The van der Waals surface area contributed by atoms with E-state index >= 15 is 0 Å². The van der Waals surface area contributed by atoms with Crippen LogP contribution in [-0.2, 0) is 10.0 Å². The Bertz CT molecular complexity index is 573. The highest BCUT2D eigenvalue weighted by molar-refractivity contribution is 7.90. The molecule has 0 spiro atoms. The van der Waals surface area contributed by atoms with E-state index in [1.165, 1.54) is 0 Å². The maximum absolute atomic E-state index is 12.5. The van der Waals surface area contributed by atoms with E-state index in [1.807, 2.05) is 25.7 Å². The summed E-state index contributed by atoms with van der Waals surface area (Å²) in [5.41, 5.74) is 1.04. The van der Waals surface area contributed by atoms with Gasteiger partial charge in [0.2, 0.25) is 0 Å². The van der Waals surface area contributed by atoms with Gasteiger partial charge in [-0.25, -0.2) is 0 Å². The van der Waals surface area contributed by atoms with Crippen LogP contribution >= 0.6 is 0 Å². The van der Waals surface area contributed by atoms with E-state index in [1.54, 1.807) is 24.3 Å². The van der Waals surface area contributed by atoms with E-state index in [-0.39, 0.29) is 4.90 Å². The van der Waals surface area contributed by atoms with Crippen LogP contribution in [0.25, 0.3) is 0 Å². The van der Waals surface area contributed by atoms with Crippen LogP contribution in [0.1, 0.15) is 52.0 Å². The molecule has 1 aromatic carbocycles. The Balaban J connectivity index is 3.09. The molecule has 0 atom stereocenters. The summed E-state index contributed by atoms with van der Waals surface area (Å²) in [6, 6.07) is 6.85. The summed E-state index contributed by atoms with van der Waals surface area (Å²) in [6.45, 7) is 9.66.